The number of rotatable bonds is 5. The Morgan fingerprint density at radius 1 is 1.13 bits per heavy atom. The second-order valence-corrected chi connectivity index (χ2v) is 5.87. The molecule has 1 N–H and O–H groups in total. The zero-order valence-electron chi connectivity index (χ0n) is 13.0. The molecular weight excluding hydrogens is 337 g/mol. The molecular formula is C17H17Cl2NO3. The second kappa shape index (κ2) is 7.57. The minimum absolute atomic E-state index is 0.322. The number of hydrogen-bond donors (Lipinski definition) is 1. The van der Waals surface area contributed by atoms with Crippen molar-refractivity contribution in [3.8, 4) is 11.5 Å². The van der Waals surface area contributed by atoms with E-state index in [1.54, 1.807) is 38.3 Å². The summed E-state index contributed by atoms with van der Waals surface area (Å²) in [4.78, 5) is 12.3. The molecule has 2 aromatic rings. The molecule has 0 spiro atoms. The first-order chi connectivity index (χ1) is 10.9. The van der Waals surface area contributed by atoms with Gasteiger partial charge in [0.2, 0.25) is 0 Å². The Bertz CT molecular complexity index is 719. The van der Waals surface area contributed by atoms with E-state index in [0.717, 1.165) is 5.56 Å². The van der Waals surface area contributed by atoms with Gasteiger partial charge in [0.05, 0.1) is 17.8 Å². The summed E-state index contributed by atoms with van der Waals surface area (Å²) < 4.78 is 10.9. The molecule has 0 heterocycles. The number of ether oxygens (including phenoxy) is 2. The summed E-state index contributed by atoms with van der Waals surface area (Å²) in [7, 11) is 1.56. The Morgan fingerprint density at radius 2 is 1.87 bits per heavy atom. The fraction of sp³-hybridized carbons (Fsp3) is 0.235. The van der Waals surface area contributed by atoms with Crippen molar-refractivity contribution in [2.75, 3.05) is 12.4 Å². The second-order valence-electron chi connectivity index (χ2n) is 5.03. The summed E-state index contributed by atoms with van der Waals surface area (Å²) >= 11 is 11.9. The summed E-state index contributed by atoms with van der Waals surface area (Å²) in [6.45, 7) is 3.60. The molecule has 6 heteroatoms. The minimum Gasteiger partial charge on any atom is -0.493 e. The third kappa shape index (κ3) is 4.53. The maximum atomic E-state index is 12.3. The van der Waals surface area contributed by atoms with Gasteiger partial charge in [0.1, 0.15) is 0 Å². The van der Waals surface area contributed by atoms with Gasteiger partial charge in [-0.3, -0.25) is 4.79 Å². The SMILES string of the molecule is COc1cc(C)ccc1O[C@H](C)C(=O)Nc1ccc(Cl)cc1Cl. The van der Waals surface area contributed by atoms with Crippen LogP contribution >= 0.6 is 23.2 Å². The van der Waals surface area contributed by atoms with Crippen molar-refractivity contribution < 1.29 is 14.3 Å². The number of methoxy groups -OCH3 is 1. The van der Waals surface area contributed by atoms with Crippen LogP contribution in [0, 0.1) is 6.92 Å². The molecule has 2 rings (SSSR count). The maximum Gasteiger partial charge on any atom is 0.265 e. The summed E-state index contributed by atoms with van der Waals surface area (Å²) in [6, 6.07) is 10.4. The highest BCUT2D eigenvalue weighted by Gasteiger charge is 2.18. The third-order valence-corrected chi connectivity index (χ3v) is 3.73. The highest BCUT2D eigenvalue weighted by molar-refractivity contribution is 6.36. The maximum absolute atomic E-state index is 12.3. The van der Waals surface area contributed by atoms with Gasteiger partial charge in [-0.1, -0.05) is 29.3 Å². The predicted molar refractivity (Wildman–Crippen MR) is 92.9 cm³/mol. The van der Waals surface area contributed by atoms with Gasteiger partial charge in [-0.25, -0.2) is 0 Å². The Morgan fingerprint density at radius 3 is 2.52 bits per heavy atom. The monoisotopic (exact) mass is 353 g/mol. The number of nitrogens with one attached hydrogen (secondary N) is 1. The lowest BCUT2D eigenvalue weighted by Gasteiger charge is -2.17. The molecule has 1 amide bonds. The molecule has 0 saturated heterocycles. The highest BCUT2D eigenvalue weighted by atomic mass is 35.5. The number of amides is 1. The number of anilines is 1. The van der Waals surface area contributed by atoms with Crippen LogP contribution in [0.1, 0.15) is 12.5 Å². The Labute approximate surface area is 145 Å². The van der Waals surface area contributed by atoms with Gasteiger partial charge in [0, 0.05) is 5.02 Å². The average Bonchev–Trinajstić information content (AvgIpc) is 2.51. The van der Waals surface area contributed by atoms with Crippen molar-refractivity contribution >= 4 is 34.8 Å². The van der Waals surface area contributed by atoms with Crippen LogP contribution in [-0.4, -0.2) is 19.1 Å². The molecule has 0 aliphatic rings. The van der Waals surface area contributed by atoms with Gasteiger partial charge in [0.25, 0.3) is 5.91 Å². The van der Waals surface area contributed by atoms with Crippen molar-refractivity contribution in [2.24, 2.45) is 0 Å². The number of benzene rings is 2. The van der Waals surface area contributed by atoms with Gasteiger partial charge >= 0.3 is 0 Å². The molecule has 0 saturated carbocycles. The van der Waals surface area contributed by atoms with Gasteiger partial charge in [0.15, 0.2) is 17.6 Å². The predicted octanol–water partition coefficient (Wildman–Crippen LogP) is 4.72. The van der Waals surface area contributed by atoms with Crippen LogP contribution in [0.4, 0.5) is 5.69 Å². The summed E-state index contributed by atoms with van der Waals surface area (Å²) in [5.41, 5.74) is 1.52. The van der Waals surface area contributed by atoms with E-state index in [0.29, 0.717) is 27.2 Å². The van der Waals surface area contributed by atoms with E-state index in [2.05, 4.69) is 5.32 Å². The van der Waals surface area contributed by atoms with Crippen LogP contribution in [0.5, 0.6) is 11.5 Å². The van der Waals surface area contributed by atoms with E-state index in [9.17, 15) is 4.79 Å². The fourth-order valence-electron chi connectivity index (χ4n) is 1.94. The Balaban J connectivity index is 2.08. The van der Waals surface area contributed by atoms with Crippen LogP contribution in [-0.2, 0) is 4.79 Å². The van der Waals surface area contributed by atoms with Crippen LogP contribution in [0.3, 0.4) is 0 Å². The summed E-state index contributed by atoms with van der Waals surface area (Å²) in [5, 5.41) is 3.58. The minimum atomic E-state index is -0.724. The fourth-order valence-corrected chi connectivity index (χ4v) is 2.40. The topological polar surface area (TPSA) is 47.6 Å². The molecule has 0 unspecified atom stereocenters. The van der Waals surface area contributed by atoms with E-state index in [-0.39, 0.29) is 5.91 Å². The van der Waals surface area contributed by atoms with Gasteiger partial charge in [-0.05, 0) is 49.7 Å². The van der Waals surface area contributed by atoms with Gasteiger partial charge in [-0.15, -0.1) is 0 Å². The Hall–Kier alpha value is -1.91. The molecule has 0 aliphatic heterocycles. The first kappa shape index (κ1) is 17.4. The van der Waals surface area contributed by atoms with E-state index in [4.69, 9.17) is 32.7 Å². The van der Waals surface area contributed by atoms with E-state index < -0.39 is 6.10 Å². The van der Waals surface area contributed by atoms with Crippen LogP contribution < -0.4 is 14.8 Å². The van der Waals surface area contributed by atoms with Gasteiger partial charge < -0.3 is 14.8 Å². The van der Waals surface area contributed by atoms with E-state index in [1.807, 2.05) is 19.1 Å². The molecule has 0 fully saturated rings. The zero-order valence-corrected chi connectivity index (χ0v) is 14.5. The number of aryl methyl sites for hydroxylation is 1. The average molecular weight is 354 g/mol. The van der Waals surface area contributed by atoms with Crippen LogP contribution in [0.2, 0.25) is 10.0 Å². The summed E-state index contributed by atoms with van der Waals surface area (Å²) in [6.07, 6.45) is -0.724. The Kier molecular flexibility index (Phi) is 5.74. The molecule has 122 valence electrons. The molecule has 2 aromatic carbocycles. The number of carbonyl (C=O) groups is 1. The molecule has 0 aromatic heterocycles. The number of carbonyl (C=O) groups excluding carboxylic acids is 1. The number of halogens is 2. The first-order valence-electron chi connectivity index (χ1n) is 6.98. The molecule has 4 nitrogen and oxygen atoms in total. The van der Waals surface area contributed by atoms with E-state index in [1.165, 1.54) is 0 Å². The molecule has 0 bridgehead atoms. The lowest BCUT2D eigenvalue weighted by molar-refractivity contribution is -0.122. The number of hydrogen-bond acceptors (Lipinski definition) is 3. The standard InChI is InChI=1S/C17H17Cl2NO3/c1-10-4-7-15(16(8-10)22-3)23-11(2)17(21)20-14-6-5-12(18)9-13(14)19/h4-9,11H,1-3H3,(H,20,21)/t11-/m1/s1. The largest absolute Gasteiger partial charge is 0.493 e. The highest BCUT2D eigenvalue weighted by Crippen LogP contribution is 2.29. The van der Waals surface area contributed by atoms with Crippen LogP contribution in [0.25, 0.3) is 0 Å². The summed E-state index contributed by atoms with van der Waals surface area (Å²) in [5.74, 6) is 0.758. The lowest BCUT2D eigenvalue weighted by atomic mass is 10.2. The quantitative estimate of drug-likeness (QED) is 0.845. The van der Waals surface area contributed by atoms with Crippen molar-refractivity contribution in [2.45, 2.75) is 20.0 Å². The third-order valence-electron chi connectivity index (χ3n) is 3.18. The van der Waals surface area contributed by atoms with Gasteiger partial charge in [-0.2, -0.15) is 0 Å². The first-order valence-corrected chi connectivity index (χ1v) is 7.73. The lowest BCUT2D eigenvalue weighted by Crippen LogP contribution is -2.30. The van der Waals surface area contributed by atoms with Crippen molar-refractivity contribution in [3.63, 3.8) is 0 Å². The van der Waals surface area contributed by atoms with Crippen molar-refractivity contribution in [3.05, 3.63) is 52.0 Å². The van der Waals surface area contributed by atoms with E-state index >= 15 is 0 Å². The van der Waals surface area contributed by atoms with Crippen LogP contribution in [0.15, 0.2) is 36.4 Å². The smallest absolute Gasteiger partial charge is 0.265 e. The molecule has 23 heavy (non-hydrogen) atoms. The zero-order chi connectivity index (χ0) is 17.0. The van der Waals surface area contributed by atoms with Crippen molar-refractivity contribution in [1.29, 1.82) is 0 Å². The normalized spacial score (nSPS) is 11.7. The molecule has 0 radical (unpaired) electrons. The molecule has 0 aliphatic carbocycles. The molecule has 1 atom stereocenters. The van der Waals surface area contributed by atoms with Crippen molar-refractivity contribution in [1.82, 2.24) is 0 Å².